The van der Waals surface area contributed by atoms with Gasteiger partial charge in [0.1, 0.15) is 0 Å². The van der Waals surface area contributed by atoms with E-state index in [1.807, 2.05) is 6.92 Å². The number of carbonyl (C=O) groups is 1. The van der Waals surface area contributed by atoms with Gasteiger partial charge in [-0.3, -0.25) is 4.79 Å². The summed E-state index contributed by atoms with van der Waals surface area (Å²) in [6.45, 7) is 4.77. The van der Waals surface area contributed by atoms with Crippen molar-refractivity contribution in [3.8, 4) is 0 Å². The standard InChI is InChI=1S/C16H23BrN2O/c1-3-8-18-16(20)11(2)19-15-9-13(10-15)12-4-6-14(17)7-5-12/h4-7,11,13,15,19H,3,8-10H2,1-2H3,(H,18,20). The van der Waals surface area contributed by atoms with Crippen LogP contribution in [0.25, 0.3) is 0 Å². The molecule has 0 bridgehead atoms. The molecule has 1 aliphatic carbocycles. The largest absolute Gasteiger partial charge is 0.355 e. The zero-order valence-electron chi connectivity index (χ0n) is 12.2. The highest BCUT2D eigenvalue weighted by Gasteiger charge is 2.31. The molecule has 2 N–H and O–H groups in total. The maximum atomic E-state index is 11.8. The Morgan fingerprint density at radius 1 is 1.35 bits per heavy atom. The summed E-state index contributed by atoms with van der Waals surface area (Å²) in [5.74, 6) is 0.741. The van der Waals surface area contributed by atoms with E-state index in [1.165, 1.54) is 5.56 Å². The molecule has 0 spiro atoms. The van der Waals surface area contributed by atoms with Crippen molar-refractivity contribution in [2.24, 2.45) is 0 Å². The number of rotatable bonds is 6. The number of hydrogen-bond donors (Lipinski definition) is 2. The van der Waals surface area contributed by atoms with Gasteiger partial charge in [0.25, 0.3) is 0 Å². The maximum Gasteiger partial charge on any atom is 0.236 e. The number of nitrogens with one attached hydrogen (secondary N) is 2. The predicted octanol–water partition coefficient (Wildman–Crippen LogP) is 3.20. The van der Waals surface area contributed by atoms with Crippen molar-refractivity contribution < 1.29 is 4.79 Å². The molecule has 3 nitrogen and oxygen atoms in total. The summed E-state index contributed by atoms with van der Waals surface area (Å²) in [7, 11) is 0. The highest BCUT2D eigenvalue weighted by atomic mass is 79.9. The van der Waals surface area contributed by atoms with Gasteiger partial charge in [-0.15, -0.1) is 0 Å². The molecule has 1 saturated carbocycles. The SMILES string of the molecule is CCCNC(=O)C(C)NC1CC(c2ccc(Br)cc2)C1. The third-order valence-corrected chi connectivity index (χ3v) is 4.44. The maximum absolute atomic E-state index is 11.8. The van der Waals surface area contributed by atoms with Crippen LogP contribution in [0, 0.1) is 0 Å². The van der Waals surface area contributed by atoms with Gasteiger partial charge in [-0.25, -0.2) is 0 Å². The van der Waals surface area contributed by atoms with E-state index in [4.69, 9.17) is 0 Å². The molecule has 1 aromatic carbocycles. The predicted molar refractivity (Wildman–Crippen MR) is 85.8 cm³/mol. The van der Waals surface area contributed by atoms with E-state index in [0.717, 1.165) is 30.3 Å². The van der Waals surface area contributed by atoms with Crippen LogP contribution in [0.5, 0.6) is 0 Å². The Bertz CT molecular complexity index is 440. The van der Waals surface area contributed by atoms with Crippen molar-refractivity contribution in [1.82, 2.24) is 10.6 Å². The molecule has 0 radical (unpaired) electrons. The molecule has 1 amide bonds. The van der Waals surface area contributed by atoms with Gasteiger partial charge in [0.15, 0.2) is 0 Å². The van der Waals surface area contributed by atoms with E-state index in [2.05, 4.69) is 57.8 Å². The molecule has 1 aromatic rings. The second kappa shape index (κ2) is 7.23. The first-order chi connectivity index (χ1) is 9.60. The Morgan fingerprint density at radius 2 is 2.00 bits per heavy atom. The first-order valence-corrected chi connectivity index (χ1v) is 8.18. The first kappa shape index (κ1) is 15.5. The first-order valence-electron chi connectivity index (χ1n) is 7.39. The third kappa shape index (κ3) is 4.06. The smallest absolute Gasteiger partial charge is 0.236 e. The molecular weight excluding hydrogens is 316 g/mol. The van der Waals surface area contributed by atoms with Crippen LogP contribution in [0.2, 0.25) is 0 Å². The van der Waals surface area contributed by atoms with E-state index >= 15 is 0 Å². The fraction of sp³-hybridized carbons (Fsp3) is 0.562. The quantitative estimate of drug-likeness (QED) is 0.836. The summed E-state index contributed by atoms with van der Waals surface area (Å²) < 4.78 is 1.12. The van der Waals surface area contributed by atoms with E-state index in [0.29, 0.717) is 12.0 Å². The van der Waals surface area contributed by atoms with Crippen LogP contribution in [0.3, 0.4) is 0 Å². The minimum absolute atomic E-state index is 0.0996. The van der Waals surface area contributed by atoms with E-state index in [9.17, 15) is 4.79 Å². The minimum atomic E-state index is -0.0996. The lowest BCUT2D eigenvalue weighted by atomic mass is 9.75. The average Bonchev–Trinajstić information content (AvgIpc) is 2.40. The lowest BCUT2D eigenvalue weighted by Crippen LogP contribution is -2.50. The molecule has 2 rings (SSSR count). The second-order valence-electron chi connectivity index (χ2n) is 5.60. The van der Waals surface area contributed by atoms with Crippen molar-refractivity contribution in [3.63, 3.8) is 0 Å². The highest BCUT2D eigenvalue weighted by molar-refractivity contribution is 9.10. The van der Waals surface area contributed by atoms with Crippen molar-refractivity contribution in [2.75, 3.05) is 6.54 Å². The summed E-state index contributed by atoms with van der Waals surface area (Å²) in [5, 5.41) is 6.34. The molecule has 0 aromatic heterocycles. The van der Waals surface area contributed by atoms with Gasteiger partial charge in [-0.1, -0.05) is 35.0 Å². The molecule has 1 aliphatic rings. The van der Waals surface area contributed by atoms with Gasteiger partial charge in [-0.2, -0.15) is 0 Å². The molecule has 1 fully saturated rings. The molecule has 4 heteroatoms. The summed E-state index contributed by atoms with van der Waals surface area (Å²) in [6, 6.07) is 8.92. The van der Waals surface area contributed by atoms with Crippen LogP contribution in [0.4, 0.5) is 0 Å². The molecule has 20 heavy (non-hydrogen) atoms. The van der Waals surface area contributed by atoms with Crippen molar-refractivity contribution in [3.05, 3.63) is 34.3 Å². The van der Waals surface area contributed by atoms with E-state index < -0.39 is 0 Å². The molecule has 1 atom stereocenters. The van der Waals surface area contributed by atoms with Gasteiger partial charge in [0.2, 0.25) is 5.91 Å². The summed E-state index contributed by atoms with van der Waals surface area (Å²) in [5.41, 5.74) is 1.40. The van der Waals surface area contributed by atoms with Crippen LogP contribution < -0.4 is 10.6 Å². The average molecular weight is 339 g/mol. The van der Waals surface area contributed by atoms with Crippen LogP contribution in [-0.4, -0.2) is 24.5 Å². The number of amides is 1. The van der Waals surface area contributed by atoms with Crippen molar-refractivity contribution in [2.45, 2.75) is 51.1 Å². The molecule has 0 saturated heterocycles. The Morgan fingerprint density at radius 3 is 2.60 bits per heavy atom. The lowest BCUT2D eigenvalue weighted by Gasteiger charge is -2.38. The number of hydrogen-bond acceptors (Lipinski definition) is 2. The van der Waals surface area contributed by atoms with Gasteiger partial charge < -0.3 is 10.6 Å². The van der Waals surface area contributed by atoms with Gasteiger partial charge in [0.05, 0.1) is 6.04 Å². The topological polar surface area (TPSA) is 41.1 Å². The van der Waals surface area contributed by atoms with E-state index in [-0.39, 0.29) is 11.9 Å². The minimum Gasteiger partial charge on any atom is -0.355 e. The lowest BCUT2D eigenvalue weighted by molar-refractivity contribution is -0.123. The Balaban J connectivity index is 1.73. The van der Waals surface area contributed by atoms with Gasteiger partial charge >= 0.3 is 0 Å². The molecular formula is C16H23BrN2O. The van der Waals surface area contributed by atoms with Crippen LogP contribution in [-0.2, 0) is 4.79 Å². The number of halogens is 1. The Hall–Kier alpha value is -0.870. The van der Waals surface area contributed by atoms with E-state index in [1.54, 1.807) is 0 Å². The number of benzene rings is 1. The van der Waals surface area contributed by atoms with Gasteiger partial charge in [-0.05, 0) is 49.8 Å². The number of carbonyl (C=O) groups excluding carboxylic acids is 1. The summed E-state index contributed by atoms with van der Waals surface area (Å²) >= 11 is 3.46. The molecule has 0 aliphatic heterocycles. The molecule has 1 unspecified atom stereocenters. The normalized spacial score (nSPS) is 22.9. The summed E-state index contributed by atoms with van der Waals surface area (Å²) in [4.78, 5) is 11.8. The highest BCUT2D eigenvalue weighted by Crippen LogP contribution is 2.37. The monoisotopic (exact) mass is 338 g/mol. The fourth-order valence-electron chi connectivity index (χ4n) is 2.59. The van der Waals surface area contributed by atoms with Crippen molar-refractivity contribution >= 4 is 21.8 Å². The zero-order chi connectivity index (χ0) is 14.5. The van der Waals surface area contributed by atoms with Crippen molar-refractivity contribution in [1.29, 1.82) is 0 Å². The summed E-state index contributed by atoms with van der Waals surface area (Å²) in [6.07, 6.45) is 3.22. The van der Waals surface area contributed by atoms with Gasteiger partial charge in [0, 0.05) is 17.1 Å². The zero-order valence-corrected chi connectivity index (χ0v) is 13.7. The van der Waals surface area contributed by atoms with Crippen LogP contribution in [0.15, 0.2) is 28.7 Å². The van der Waals surface area contributed by atoms with Crippen LogP contribution in [0.1, 0.15) is 44.6 Å². The van der Waals surface area contributed by atoms with Crippen LogP contribution >= 0.6 is 15.9 Å². The molecule has 110 valence electrons. The molecule has 0 heterocycles. The second-order valence-corrected chi connectivity index (χ2v) is 6.51. The third-order valence-electron chi connectivity index (χ3n) is 3.91. The Kier molecular flexibility index (Phi) is 5.61. The Labute approximate surface area is 129 Å². The fourth-order valence-corrected chi connectivity index (χ4v) is 2.86.